The molecule has 0 radical (unpaired) electrons. The Balaban J connectivity index is 2.80. The Labute approximate surface area is 58.5 Å². The van der Waals surface area contributed by atoms with E-state index in [0.717, 1.165) is 18.2 Å². The lowest BCUT2D eigenvalue weighted by atomic mass is 10.3. The summed E-state index contributed by atoms with van der Waals surface area (Å²) in [5.41, 5.74) is 0. The van der Waals surface area contributed by atoms with Crippen LogP contribution >= 0.6 is 15.9 Å². The first-order valence-electron chi connectivity index (χ1n) is 2.73. The highest BCUT2D eigenvalue weighted by Crippen LogP contribution is 1.93. The minimum atomic E-state index is 0.169. The number of alkyl halides is 1. The van der Waals surface area contributed by atoms with E-state index < -0.39 is 0 Å². The van der Waals surface area contributed by atoms with Crippen LogP contribution in [0.5, 0.6) is 0 Å². The van der Waals surface area contributed by atoms with Crippen molar-refractivity contribution >= 4 is 15.9 Å². The molecule has 1 nitrogen and oxygen atoms in total. The molecule has 0 aromatic carbocycles. The summed E-state index contributed by atoms with van der Waals surface area (Å²) in [6, 6.07) is 0. The molecule has 0 unspecified atom stereocenters. The predicted octanol–water partition coefficient (Wildman–Crippen LogP) is 1.71. The molecule has 0 amide bonds. The second-order valence-corrected chi connectivity index (χ2v) is 2.28. The Morgan fingerprint density at radius 3 is 2.62 bits per heavy atom. The van der Waals surface area contributed by atoms with E-state index in [1.54, 1.807) is 6.08 Å². The molecule has 0 aromatic heterocycles. The molecule has 0 saturated heterocycles. The van der Waals surface area contributed by atoms with Crippen LogP contribution in [0.1, 0.15) is 12.8 Å². The van der Waals surface area contributed by atoms with Crippen LogP contribution in [0.25, 0.3) is 0 Å². The summed E-state index contributed by atoms with van der Waals surface area (Å²) in [7, 11) is 0. The topological polar surface area (TPSA) is 20.2 Å². The number of rotatable bonds is 4. The van der Waals surface area contributed by atoms with E-state index in [9.17, 15) is 0 Å². The molecule has 0 spiro atoms. The van der Waals surface area contributed by atoms with Crippen LogP contribution in [0, 0.1) is 0 Å². The number of hydrogen-bond donors (Lipinski definition) is 1. The third-order valence-corrected chi connectivity index (χ3v) is 1.34. The summed E-state index contributed by atoms with van der Waals surface area (Å²) in [4.78, 5) is 0. The lowest BCUT2D eigenvalue weighted by Gasteiger charge is -1.84. The molecule has 2 heteroatoms. The maximum atomic E-state index is 8.27. The SMILES string of the molecule is OCC=CCCCBr. The van der Waals surface area contributed by atoms with Crippen LogP contribution in [0.15, 0.2) is 12.2 Å². The van der Waals surface area contributed by atoms with E-state index in [1.165, 1.54) is 0 Å². The summed E-state index contributed by atoms with van der Waals surface area (Å²) >= 11 is 3.31. The van der Waals surface area contributed by atoms with Gasteiger partial charge in [0.1, 0.15) is 0 Å². The zero-order valence-electron chi connectivity index (χ0n) is 4.81. The summed E-state index contributed by atoms with van der Waals surface area (Å²) in [5, 5.41) is 9.31. The monoisotopic (exact) mass is 178 g/mol. The third-order valence-electron chi connectivity index (χ3n) is 0.776. The second kappa shape index (κ2) is 7.18. The van der Waals surface area contributed by atoms with Gasteiger partial charge in [-0.2, -0.15) is 0 Å². The molecule has 0 aliphatic heterocycles. The first kappa shape index (κ1) is 8.18. The lowest BCUT2D eigenvalue weighted by molar-refractivity contribution is 0.342. The molecule has 0 fully saturated rings. The highest BCUT2D eigenvalue weighted by Gasteiger charge is 1.76. The molecule has 1 N–H and O–H groups in total. The minimum Gasteiger partial charge on any atom is -0.392 e. The van der Waals surface area contributed by atoms with Crippen molar-refractivity contribution in [2.24, 2.45) is 0 Å². The van der Waals surface area contributed by atoms with E-state index >= 15 is 0 Å². The summed E-state index contributed by atoms with van der Waals surface area (Å²) in [6.45, 7) is 0.169. The zero-order chi connectivity index (χ0) is 6.24. The van der Waals surface area contributed by atoms with Crippen LogP contribution in [0.4, 0.5) is 0 Å². The van der Waals surface area contributed by atoms with Crippen LogP contribution in [-0.2, 0) is 0 Å². The third kappa shape index (κ3) is 6.18. The van der Waals surface area contributed by atoms with Crippen molar-refractivity contribution in [3.8, 4) is 0 Å². The van der Waals surface area contributed by atoms with Gasteiger partial charge in [-0.05, 0) is 12.8 Å². The Hall–Kier alpha value is 0.180. The van der Waals surface area contributed by atoms with Crippen molar-refractivity contribution in [2.45, 2.75) is 12.8 Å². The van der Waals surface area contributed by atoms with Gasteiger partial charge in [0.05, 0.1) is 6.61 Å². The minimum absolute atomic E-state index is 0.169. The van der Waals surface area contributed by atoms with Gasteiger partial charge >= 0.3 is 0 Å². The van der Waals surface area contributed by atoms with Gasteiger partial charge in [0, 0.05) is 5.33 Å². The molecule has 0 rings (SSSR count). The number of allylic oxidation sites excluding steroid dienone is 1. The van der Waals surface area contributed by atoms with E-state index in [1.807, 2.05) is 6.08 Å². The molecule has 0 aliphatic rings. The van der Waals surface area contributed by atoms with Crippen molar-refractivity contribution in [3.05, 3.63) is 12.2 Å². The van der Waals surface area contributed by atoms with Crippen LogP contribution in [0.3, 0.4) is 0 Å². The smallest absolute Gasteiger partial charge is 0.0612 e. The normalized spacial score (nSPS) is 10.8. The summed E-state index contributed by atoms with van der Waals surface area (Å²) < 4.78 is 0. The fourth-order valence-corrected chi connectivity index (χ4v) is 0.711. The van der Waals surface area contributed by atoms with Crippen molar-refractivity contribution in [2.75, 3.05) is 11.9 Å². The zero-order valence-corrected chi connectivity index (χ0v) is 6.39. The predicted molar refractivity (Wildman–Crippen MR) is 39.3 cm³/mol. The van der Waals surface area contributed by atoms with Crippen LogP contribution in [-0.4, -0.2) is 17.0 Å². The highest BCUT2D eigenvalue weighted by molar-refractivity contribution is 9.09. The fraction of sp³-hybridized carbons (Fsp3) is 0.667. The van der Waals surface area contributed by atoms with Crippen LogP contribution in [0.2, 0.25) is 0 Å². The Morgan fingerprint density at radius 2 is 2.12 bits per heavy atom. The molecule has 0 saturated carbocycles. The first-order chi connectivity index (χ1) is 3.91. The number of hydrogen-bond acceptors (Lipinski definition) is 1. The lowest BCUT2D eigenvalue weighted by Crippen LogP contribution is -1.73. The molecular formula is C6H11BrO. The van der Waals surface area contributed by atoms with Gasteiger partial charge in [0.2, 0.25) is 0 Å². The maximum absolute atomic E-state index is 8.27. The van der Waals surface area contributed by atoms with Crippen molar-refractivity contribution < 1.29 is 5.11 Å². The molecule has 0 bridgehead atoms. The maximum Gasteiger partial charge on any atom is 0.0612 e. The van der Waals surface area contributed by atoms with Crippen molar-refractivity contribution in [1.29, 1.82) is 0 Å². The van der Waals surface area contributed by atoms with Gasteiger partial charge in [-0.25, -0.2) is 0 Å². The van der Waals surface area contributed by atoms with Gasteiger partial charge in [-0.15, -0.1) is 0 Å². The van der Waals surface area contributed by atoms with E-state index in [-0.39, 0.29) is 6.61 Å². The van der Waals surface area contributed by atoms with Crippen molar-refractivity contribution in [3.63, 3.8) is 0 Å². The second-order valence-electron chi connectivity index (χ2n) is 1.49. The Morgan fingerprint density at radius 1 is 1.38 bits per heavy atom. The van der Waals surface area contributed by atoms with Gasteiger partial charge < -0.3 is 5.11 Å². The molecule has 0 heterocycles. The van der Waals surface area contributed by atoms with E-state index in [0.29, 0.717) is 0 Å². The molecule has 48 valence electrons. The van der Waals surface area contributed by atoms with Gasteiger partial charge in [0.15, 0.2) is 0 Å². The van der Waals surface area contributed by atoms with E-state index in [4.69, 9.17) is 5.11 Å². The average molecular weight is 179 g/mol. The number of unbranched alkanes of at least 4 members (excludes halogenated alkanes) is 1. The molecule has 0 aliphatic carbocycles. The fourth-order valence-electron chi connectivity index (χ4n) is 0.387. The molecule has 0 atom stereocenters. The highest BCUT2D eigenvalue weighted by atomic mass is 79.9. The summed E-state index contributed by atoms with van der Waals surface area (Å²) in [6.07, 6.45) is 5.96. The van der Waals surface area contributed by atoms with E-state index in [2.05, 4.69) is 15.9 Å². The number of halogens is 1. The molecule has 8 heavy (non-hydrogen) atoms. The molecular weight excluding hydrogens is 168 g/mol. The summed E-state index contributed by atoms with van der Waals surface area (Å²) in [5.74, 6) is 0. The standard InChI is InChI=1S/C6H11BrO/c7-5-3-1-2-4-6-8/h2,4,8H,1,3,5-6H2. The first-order valence-corrected chi connectivity index (χ1v) is 3.85. The number of aliphatic hydroxyl groups excluding tert-OH is 1. The largest absolute Gasteiger partial charge is 0.392 e. The van der Waals surface area contributed by atoms with Gasteiger partial charge in [-0.1, -0.05) is 28.1 Å². The van der Waals surface area contributed by atoms with Crippen molar-refractivity contribution in [1.82, 2.24) is 0 Å². The van der Waals surface area contributed by atoms with Crippen LogP contribution < -0.4 is 0 Å². The molecule has 0 aromatic rings. The Kier molecular flexibility index (Phi) is 7.34. The quantitative estimate of drug-likeness (QED) is 0.395. The van der Waals surface area contributed by atoms with Gasteiger partial charge in [0.25, 0.3) is 0 Å². The van der Waals surface area contributed by atoms with Gasteiger partial charge in [-0.3, -0.25) is 0 Å². The number of aliphatic hydroxyl groups is 1. The Bertz CT molecular complexity index is 61.5. The average Bonchev–Trinajstić information content (AvgIpc) is 1.81.